The van der Waals surface area contributed by atoms with E-state index < -0.39 is 15.7 Å². The molecule has 0 unspecified atom stereocenters. The van der Waals surface area contributed by atoms with E-state index in [4.69, 9.17) is 9.15 Å². The molecule has 0 radical (unpaired) electrons. The number of carbonyl (C=O) groups is 1. The summed E-state index contributed by atoms with van der Waals surface area (Å²) in [5.41, 5.74) is 1.45. The molecule has 1 N–H and O–H groups in total. The van der Waals surface area contributed by atoms with E-state index in [0.29, 0.717) is 28.7 Å². The summed E-state index contributed by atoms with van der Waals surface area (Å²) in [5, 5.41) is 3.08. The van der Waals surface area contributed by atoms with Crippen LogP contribution in [0.2, 0.25) is 0 Å². The lowest BCUT2D eigenvalue weighted by Crippen LogP contribution is -2.38. The van der Waals surface area contributed by atoms with Crippen molar-refractivity contribution in [3.05, 3.63) is 65.0 Å². The topological polar surface area (TPSA) is 103 Å². The van der Waals surface area contributed by atoms with Crippen molar-refractivity contribution in [1.82, 2.24) is 5.32 Å². The van der Waals surface area contributed by atoms with Crippen molar-refractivity contribution in [2.45, 2.75) is 12.5 Å². The Labute approximate surface area is 167 Å². The SMILES string of the molecule is O=C(COc1ccc2c(=O)c(-c3ccccc3)coc2c1)N[C@@H]1CCS(=O)(=O)C1. The molecule has 8 heteroatoms. The van der Waals surface area contributed by atoms with Crippen molar-refractivity contribution in [3.63, 3.8) is 0 Å². The van der Waals surface area contributed by atoms with E-state index in [2.05, 4.69) is 5.32 Å². The van der Waals surface area contributed by atoms with E-state index in [1.165, 1.54) is 6.26 Å². The maximum absolute atomic E-state index is 12.7. The average Bonchev–Trinajstić information content (AvgIpc) is 3.05. The zero-order chi connectivity index (χ0) is 20.4. The summed E-state index contributed by atoms with van der Waals surface area (Å²) >= 11 is 0. The molecule has 7 nitrogen and oxygen atoms in total. The van der Waals surface area contributed by atoms with Gasteiger partial charge in [-0.1, -0.05) is 30.3 Å². The smallest absolute Gasteiger partial charge is 0.258 e. The van der Waals surface area contributed by atoms with Gasteiger partial charge in [0.15, 0.2) is 21.9 Å². The second-order valence-corrected chi connectivity index (χ2v) is 9.19. The molecule has 0 saturated carbocycles. The van der Waals surface area contributed by atoms with Gasteiger partial charge >= 0.3 is 0 Å². The molecule has 1 aliphatic heterocycles. The Balaban J connectivity index is 1.45. The van der Waals surface area contributed by atoms with Crippen LogP contribution in [-0.2, 0) is 14.6 Å². The third-order valence-electron chi connectivity index (χ3n) is 4.80. The molecule has 1 aliphatic rings. The summed E-state index contributed by atoms with van der Waals surface area (Å²) < 4.78 is 34.0. The Bertz CT molecular complexity index is 1220. The summed E-state index contributed by atoms with van der Waals surface area (Å²) in [7, 11) is -3.06. The van der Waals surface area contributed by atoms with Crippen LogP contribution in [0, 0.1) is 0 Å². The van der Waals surface area contributed by atoms with Crippen LogP contribution < -0.4 is 15.5 Å². The molecule has 1 aromatic heterocycles. The number of carbonyl (C=O) groups excluding carboxylic acids is 1. The molecule has 0 bridgehead atoms. The normalized spacial score (nSPS) is 17.9. The standard InChI is InChI=1S/C21H19NO6S/c23-20(22-15-8-9-29(25,26)13-15)12-27-16-6-7-17-19(10-16)28-11-18(21(17)24)14-4-2-1-3-5-14/h1-7,10-11,15H,8-9,12-13H2,(H,22,23)/t15-/m1/s1. The predicted molar refractivity (Wildman–Crippen MR) is 109 cm³/mol. The summed E-state index contributed by atoms with van der Waals surface area (Å²) in [5.74, 6) is 0.0345. The van der Waals surface area contributed by atoms with Gasteiger partial charge in [0.1, 0.15) is 17.6 Å². The van der Waals surface area contributed by atoms with Crippen molar-refractivity contribution in [1.29, 1.82) is 0 Å². The minimum atomic E-state index is -3.06. The third kappa shape index (κ3) is 4.32. The maximum Gasteiger partial charge on any atom is 0.258 e. The van der Waals surface area contributed by atoms with Crippen LogP contribution in [0.25, 0.3) is 22.1 Å². The monoisotopic (exact) mass is 413 g/mol. The first-order chi connectivity index (χ1) is 13.9. The highest BCUT2D eigenvalue weighted by Gasteiger charge is 2.28. The number of amides is 1. The Morgan fingerprint density at radius 3 is 2.69 bits per heavy atom. The van der Waals surface area contributed by atoms with Gasteiger partial charge in [0.25, 0.3) is 5.91 Å². The first kappa shape index (κ1) is 19.2. The molecule has 0 spiro atoms. The number of hydrogen-bond donors (Lipinski definition) is 1. The number of rotatable bonds is 5. The van der Waals surface area contributed by atoms with Crippen LogP contribution in [0.15, 0.2) is 64.0 Å². The minimum absolute atomic E-state index is 0.0381. The molecule has 150 valence electrons. The van der Waals surface area contributed by atoms with Crippen molar-refractivity contribution in [3.8, 4) is 16.9 Å². The van der Waals surface area contributed by atoms with Crippen molar-refractivity contribution < 1.29 is 22.4 Å². The molecule has 1 atom stereocenters. The molecular weight excluding hydrogens is 394 g/mol. The summed E-state index contributed by atoms with van der Waals surface area (Å²) in [6, 6.07) is 13.6. The second-order valence-electron chi connectivity index (χ2n) is 6.96. The second kappa shape index (κ2) is 7.71. The van der Waals surface area contributed by atoms with Crippen LogP contribution in [0.4, 0.5) is 0 Å². The van der Waals surface area contributed by atoms with Gasteiger partial charge in [-0.05, 0) is 24.1 Å². The number of ether oxygens (including phenoxy) is 1. The highest BCUT2D eigenvalue weighted by molar-refractivity contribution is 7.91. The van der Waals surface area contributed by atoms with Crippen molar-refractivity contribution in [2.75, 3.05) is 18.1 Å². The number of nitrogens with one attached hydrogen (secondary N) is 1. The van der Waals surface area contributed by atoms with E-state index in [-0.39, 0.29) is 29.6 Å². The lowest BCUT2D eigenvalue weighted by atomic mass is 10.1. The lowest BCUT2D eigenvalue weighted by Gasteiger charge is -2.12. The quantitative estimate of drug-likeness (QED) is 0.688. The Morgan fingerprint density at radius 2 is 1.97 bits per heavy atom. The van der Waals surface area contributed by atoms with E-state index in [1.807, 2.05) is 30.3 Å². The van der Waals surface area contributed by atoms with E-state index >= 15 is 0 Å². The summed E-state index contributed by atoms with van der Waals surface area (Å²) in [6.07, 6.45) is 1.83. The Morgan fingerprint density at radius 1 is 1.17 bits per heavy atom. The molecule has 29 heavy (non-hydrogen) atoms. The average molecular weight is 413 g/mol. The van der Waals surface area contributed by atoms with Crippen LogP contribution in [0.3, 0.4) is 0 Å². The van der Waals surface area contributed by atoms with Crippen LogP contribution in [0.5, 0.6) is 5.75 Å². The molecule has 2 aromatic carbocycles. The van der Waals surface area contributed by atoms with Crippen LogP contribution >= 0.6 is 0 Å². The van der Waals surface area contributed by atoms with Gasteiger partial charge < -0.3 is 14.5 Å². The molecule has 3 aromatic rings. The third-order valence-corrected chi connectivity index (χ3v) is 6.57. The number of hydrogen-bond acceptors (Lipinski definition) is 6. The fourth-order valence-corrected chi connectivity index (χ4v) is 5.02. The molecule has 1 saturated heterocycles. The largest absolute Gasteiger partial charge is 0.484 e. The highest BCUT2D eigenvalue weighted by Crippen LogP contribution is 2.23. The lowest BCUT2D eigenvalue weighted by molar-refractivity contribution is -0.123. The molecule has 0 aliphatic carbocycles. The van der Waals surface area contributed by atoms with Gasteiger partial charge in [-0.15, -0.1) is 0 Å². The zero-order valence-corrected chi connectivity index (χ0v) is 16.3. The fourth-order valence-electron chi connectivity index (χ4n) is 3.34. The Hall–Kier alpha value is -3.13. The van der Waals surface area contributed by atoms with Crippen molar-refractivity contribution >= 4 is 26.7 Å². The summed E-state index contributed by atoms with van der Waals surface area (Å²) in [6.45, 7) is -0.256. The Kier molecular flexibility index (Phi) is 5.10. The van der Waals surface area contributed by atoms with E-state index in [1.54, 1.807) is 18.2 Å². The zero-order valence-electron chi connectivity index (χ0n) is 15.5. The van der Waals surface area contributed by atoms with Gasteiger partial charge in [-0.2, -0.15) is 0 Å². The minimum Gasteiger partial charge on any atom is -0.484 e. The summed E-state index contributed by atoms with van der Waals surface area (Å²) in [4.78, 5) is 24.7. The molecular formula is C21H19NO6S. The van der Waals surface area contributed by atoms with Crippen molar-refractivity contribution in [2.24, 2.45) is 0 Å². The van der Waals surface area contributed by atoms with E-state index in [0.717, 1.165) is 5.56 Å². The van der Waals surface area contributed by atoms with Gasteiger partial charge in [0, 0.05) is 12.1 Å². The molecule has 1 fully saturated rings. The molecule has 1 amide bonds. The van der Waals surface area contributed by atoms with Crippen LogP contribution in [0.1, 0.15) is 6.42 Å². The van der Waals surface area contributed by atoms with E-state index in [9.17, 15) is 18.0 Å². The van der Waals surface area contributed by atoms with Gasteiger partial charge in [0.2, 0.25) is 0 Å². The number of benzene rings is 2. The van der Waals surface area contributed by atoms with Gasteiger partial charge in [-0.3, -0.25) is 9.59 Å². The van der Waals surface area contributed by atoms with Gasteiger partial charge in [-0.25, -0.2) is 8.42 Å². The predicted octanol–water partition coefficient (Wildman–Crippen LogP) is 2.14. The first-order valence-corrected chi connectivity index (χ1v) is 11.0. The molecule has 2 heterocycles. The first-order valence-electron chi connectivity index (χ1n) is 9.15. The van der Waals surface area contributed by atoms with Crippen LogP contribution in [-0.4, -0.2) is 38.5 Å². The number of fused-ring (bicyclic) bond motifs is 1. The molecule has 4 rings (SSSR count). The maximum atomic E-state index is 12.7. The highest BCUT2D eigenvalue weighted by atomic mass is 32.2. The van der Waals surface area contributed by atoms with Gasteiger partial charge in [0.05, 0.1) is 22.5 Å². The fraction of sp³-hybridized carbons (Fsp3) is 0.238. The number of sulfone groups is 1.